The number of ketones is 1. The van der Waals surface area contributed by atoms with E-state index in [1.165, 1.54) is 29.5 Å². The Hall–Kier alpha value is -2.86. The first-order chi connectivity index (χ1) is 12.9. The minimum Gasteiger partial charge on any atom is -0.481 e. The van der Waals surface area contributed by atoms with Gasteiger partial charge < -0.3 is 5.11 Å². The number of Topliss-reactive ketones (excluding diaryl/α,β-unsaturated/α-hetero) is 1. The summed E-state index contributed by atoms with van der Waals surface area (Å²) in [6, 6.07) is 13.6. The highest BCUT2D eigenvalue weighted by molar-refractivity contribution is 7.13. The molecule has 0 saturated heterocycles. The van der Waals surface area contributed by atoms with Crippen molar-refractivity contribution in [2.45, 2.75) is 25.7 Å². The van der Waals surface area contributed by atoms with Crippen LogP contribution in [-0.2, 0) is 16.0 Å². The highest BCUT2D eigenvalue weighted by atomic mass is 32.1. The highest BCUT2D eigenvalue weighted by Crippen LogP contribution is 2.26. The lowest BCUT2D eigenvalue weighted by Crippen LogP contribution is -2.18. The molecule has 0 aliphatic carbocycles. The minimum absolute atomic E-state index is 0.0250. The molecule has 4 nitrogen and oxygen atoms in total. The third kappa shape index (κ3) is 4.65. The molecule has 1 heterocycles. The summed E-state index contributed by atoms with van der Waals surface area (Å²) in [5.74, 6) is -3.32. The van der Waals surface area contributed by atoms with Crippen LogP contribution in [0.1, 0.15) is 29.2 Å². The van der Waals surface area contributed by atoms with E-state index in [0.717, 1.165) is 16.1 Å². The highest BCUT2D eigenvalue weighted by Gasteiger charge is 2.26. The molecule has 6 heteroatoms. The second kappa shape index (κ2) is 8.22. The summed E-state index contributed by atoms with van der Waals surface area (Å²) in [6.07, 6.45) is -0.242. The summed E-state index contributed by atoms with van der Waals surface area (Å²) in [5.41, 5.74) is 2.74. The van der Waals surface area contributed by atoms with Crippen molar-refractivity contribution in [2.24, 2.45) is 0 Å². The van der Waals surface area contributed by atoms with Crippen molar-refractivity contribution >= 4 is 23.1 Å². The summed E-state index contributed by atoms with van der Waals surface area (Å²) in [7, 11) is 0. The zero-order chi connectivity index (χ0) is 19.4. The van der Waals surface area contributed by atoms with Crippen molar-refractivity contribution < 1.29 is 19.1 Å². The third-order valence-electron chi connectivity index (χ3n) is 4.24. The van der Waals surface area contributed by atoms with Gasteiger partial charge in [-0.1, -0.05) is 48.0 Å². The normalized spacial score (nSPS) is 11.9. The van der Waals surface area contributed by atoms with Crippen LogP contribution in [-0.4, -0.2) is 21.8 Å². The van der Waals surface area contributed by atoms with Gasteiger partial charge in [0.15, 0.2) is 0 Å². The topological polar surface area (TPSA) is 67.3 Å². The lowest BCUT2D eigenvalue weighted by atomic mass is 9.92. The van der Waals surface area contributed by atoms with E-state index in [-0.39, 0.29) is 24.2 Å². The van der Waals surface area contributed by atoms with E-state index in [9.17, 15) is 19.1 Å². The van der Waals surface area contributed by atoms with Gasteiger partial charge in [-0.2, -0.15) is 0 Å². The molecule has 0 spiro atoms. The van der Waals surface area contributed by atoms with Crippen LogP contribution in [0.15, 0.2) is 53.9 Å². The number of rotatable bonds is 7. The average molecular weight is 383 g/mol. The zero-order valence-corrected chi connectivity index (χ0v) is 15.5. The van der Waals surface area contributed by atoms with Crippen LogP contribution in [0.5, 0.6) is 0 Å². The van der Waals surface area contributed by atoms with Gasteiger partial charge in [-0.3, -0.25) is 9.59 Å². The van der Waals surface area contributed by atoms with Crippen molar-refractivity contribution in [1.29, 1.82) is 0 Å². The molecular weight excluding hydrogens is 365 g/mol. The van der Waals surface area contributed by atoms with Crippen LogP contribution < -0.4 is 0 Å². The van der Waals surface area contributed by atoms with Gasteiger partial charge in [0.2, 0.25) is 0 Å². The van der Waals surface area contributed by atoms with Gasteiger partial charge in [0.1, 0.15) is 16.6 Å². The first-order valence-corrected chi connectivity index (χ1v) is 9.32. The standard InChI is InChI=1S/C21H18FNO3S/c1-13-6-8-14(9-7-13)20-23-15(12-27-20)10-16(24)11-18(21(25)26)17-4-2-3-5-19(17)22/h2-9,12,18H,10-11H2,1H3,(H,25,26). The molecule has 0 aliphatic rings. The fourth-order valence-electron chi connectivity index (χ4n) is 2.81. The fourth-order valence-corrected chi connectivity index (χ4v) is 3.63. The number of thiazole rings is 1. The predicted molar refractivity (Wildman–Crippen MR) is 102 cm³/mol. The number of halogens is 1. The van der Waals surface area contributed by atoms with E-state index < -0.39 is 17.7 Å². The number of carbonyl (C=O) groups excluding carboxylic acids is 1. The Kier molecular flexibility index (Phi) is 5.76. The predicted octanol–water partition coefficient (Wildman–Crippen LogP) is 4.63. The summed E-state index contributed by atoms with van der Waals surface area (Å²) in [4.78, 5) is 28.4. The molecule has 27 heavy (non-hydrogen) atoms. The van der Waals surface area contributed by atoms with Crippen molar-refractivity contribution in [3.63, 3.8) is 0 Å². The first-order valence-electron chi connectivity index (χ1n) is 8.44. The van der Waals surface area contributed by atoms with Crippen LogP contribution >= 0.6 is 11.3 Å². The number of aliphatic carboxylic acids is 1. The number of nitrogens with zero attached hydrogens (tertiary/aromatic N) is 1. The van der Waals surface area contributed by atoms with Crippen molar-refractivity contribution in [3.8, 4) is 10.6 Å². The molecule has 1 unspecified atom stereocenters. The van der Waals surface area contributed by atoms with E-state index in [1.807, 2.05) is 31.2 Å². The Labute approximate surface area is 160 Å². The molecule has 0 bridgehead atoms. The number of aromatic nitrogens is 1. The van der Waals surface area contributed by atoms with Gasteiger partial charge in [0.05, 0.1) is 11.6 Å². The SMILES string of the molecule is Cc1ccc(-c2nc(CC(=O)CC(C(=O)O)c3ccccc3F)cs2)cc1. The maximum atomic E-state index is 13.9. The first kappa shape index (κ1) is 18.9. The van der Waals surface area contributed by atoms with E-state index in [2.05, 4.69) is 4.98 Å². The number of aryl methyl sites for hydroxylation is 1. The molecule has 1 aromatic heterocycles. The molecule has 3 aromatic rings. The molecule has 0 amide bonds. The van der Waals surface area contributed by atoms with E-state index in [4.69, 9.17) is 0 Å². The van der Waals surface area contributed by atoms with E-state index in [1.54, 1.807) is 11.4 Å². The molecule has 138 valence electrons. The van der Waals surface area contributed by atoms with Crippen LogP contribution in [0.2, 0.25) is 0 Å². The van der Waals surface area contributed by atoms with Gasteiger partial charge in [-0.25, -0.2) is 9.37 Å². The van der Waals surface area contributed by atoms with Crippen molar-refractivity contribution in [3.05, 3.63) is 76.5 Å². The van der Waals surface area contributed by atoms with Gasteiger partial charge in [0.25, 0.3) is 0 Å². The molecule has 0 aliphatic heterocycles. The monoisotopic (exact) mass is 383 g/mol. The van der Waals surface area contributed by atoms with Gasteiger partial charge in [-0.15, -0.1) is 11.3 Å². The largest absolute Gasteiger partial charge is 0.481 e. The lowest BCUT2D eigenvalue weighted by Gasteiger charge is -2.12. The Balaban J connectivity index is 1.71. The molecule has 0 saturated carbocycles. The smallest absolute Gasteiger partial charge is 0.311 e. The quantitative estimate of drug-likeness (QED) is 0.646. The lowest BCUT2D eigenvalue weighted by molar-refractivity contribution is -0.140. The van der Waals surface area contributed by atoms with Crippen LogP contribution in [0.25, 0.3) is 10.6 Å². The van der Waals surface area contributed by atoms with Crippen molar-refractivity contribution in [1.82, 2.24) is 4.98 Å². The molecule has 1 atom stereocenters. The molecule has 0 radical (unpaired) electrons. The number of carbonyl (C=O) groups is 2. The van der Waals surface area contributed by atoms with Crippen LogP contribution in [0, 0.1) is 12.7 Å². The molecule has 1 N–H and O–H groups in total. The average Bonchev–Trinajstić information content (AvgIpc) is 3.09. The fraction of sp³-hybridized carbons (Fsp3) is 0.190. The number of benzene rings is 2. The van der Waals surface area contributed by atoms with Crippen LogP contribution in [0.3, 0.4) is 0 Å². The zero-order valence-electron chi connectivity index (χ0n) is 14.7. The Bertz CT molecular complexity index is 966. The summed E-state index contributed by atoms with van der Waals surface area (Å²) in [5, 5.41) is 12.0. The van der Waals surface area contributed by atoms with E-state index >= 15 is 0 Å². The van der Waals surface area contributed by atoms with Gasteiger partial charge >= 0.3 is 5.97 Å². The number of carboxylic acids is 1. The molecule has 3 rings (SSSR count). The summed E-state index contributed by atoms with van der Waals surface area (Å²) in [6.45, 7) is 2.00. The Morgan fingerprint density at radius 1 is 1.15 bits per heavy atom. The number of hydrogen-bond donors (Lipinski definition) is 1. The van der Waals surface area contributed by atoms with Crippen molar-refractivity contribution in [2.75, 3.05) is 0 Å². The number of hydrogen-bond acceptors (Lipinski definition) is 4. The second-order valence-electron chi connectivity index (χ2n) is 6.34. The second-order valence-corrected chi connectivity index (χ2v) is 7.20. The Morgan fingerprint density at radius 2 is 1.85 bits per heavy atom. The minimum atomic E-state index is -1.22. The maximum absolute atomic E-state index is 13.9. The Morgan fingerprint density at radius 3 is 2.52 bits per heavy atom. The van der Waals surface area contributed by atoms with Gasteiger partial charge in [0, 0.05) is 29.3 Å². The van der Waals surface area contributed by atoms with Crippen LogP contribution in [0.4, 0.5) is 4.39 Å². The maximum Gasteiger partial charge on any atom is 0.311 e. The molecule has 0 fully saturated rings. The molecular formula is C21H18FNO3S. The summed E-state index contributed by atoms with van der Waals surface area (Å²) >= 11 is 1.43. The van der Waals surface area contributed by atoms with Gasteiger partial charge in [-0.05, 0) is 13.0 Å². The number of carboxylic acid groups (broad SMARTS) is 1. The summed E-state index contributed by atoms with van der Waals surface area (Å²) < 4.78 is 13.9. The third-order valence-corrected chi connectivity index (χ3v) is 5.18. The molecule has 2 aromatic carbocycles. The van der Waals surface area contributed by atoms with E-state index in [0.29, 0.717) is 5.69 Å².